The minimum absolute atomic E-state index is 0.407. The van der Waals surface area contributed by atoms with E-state index < -0.39 is 23.6 Å². The summed E-state index contributed by atoms with van der Waals surface area (Å²) in [6, 6.07) is 8.00. The zero-order chi connectivity index (χ0) is 36.3. The van der Waals surface area contributed by atoms with Crippen LogP contribution in [0.5, 0.6) is 0 Å². The summed E-state index contributed by atoms with van der Waals surface area (Å²) < 4.78 is 0. The lowest BCUT2D eigenvalue weighted by molar-refractivity contribution is 0.0866. The number of carbonyl (C=O) groups is 4. The number of thioether (sulfide) groups is 4. The number of imide groups is 2. The zero-order valence-electron chi connectivity index (χ0n) is 30.3. The summed E-state index contributed by atoms with van der Waals surface area (Å²) in [6.45, 7) is 19.9. The van der Waals surface area contributed by atoms with Gasteiger partial charge in [-0.1, -0.05) is 63.1 Å². The van der Waals surface area contributed by atoms with E-state index in [1.165, 1.54) is 56.8 Å². The zero-order valence-corrected chi connectivity index (χ0v) is 33.6. The Morgan fingerprint density at radius 1 is 0.420 bits per heavy atom. The van der Waals surface area contributed by atoms with Crippen LogP contribution in [0.3, 0.4) is 0 Å². The van der Waals surface area contributed by atoms with E-state index in [4.69, 9.17) is 0 Å². The van der Waals surface area contributed by atoms with Crippen LogP contribution >= 0.6 is 47.0 Å². The molecule has 0 spiro atoms. The standard InChI is InChI=1S/C40H42N2O4S4/c1-11-47-33-27-25-26-28(34(33)48-12-2)38(44)42(32-23(9)17-20(6)18-24(32)10)40(46)30(26)36(50-14-4)35(49-13-3)29(25)39(45)41(37(27)43)31-21(7)15-19(5)16-22(31)8/h15-18H,11-14H2,1-10H3. The van der Waals surface area contributed by atoms with Crippen molar-refractivity contribution in [2.24, 2.45) is 0 Å². The maximum atomic E-state index is 15.1. The van der Waals surface area contributed by atoms with Gasteiger partial charge in [0.2, 0.25) is 0 Å². The van der Waals surface area contributed by atoms with Gasteiger partial charge in [-0.25, -0.2) is 9.80 Å². The molecule has 10 heteroatoms. The van der Waals surface area contributed by atoms with Crippen LogP contribution in [-0.2, 0) is 0 Å². The second kappa shape index (κ2) is 14.1. The lowest BCUT2D eigenvalue weighted by atomic mass is 9.84. The van der Waals surface area contributed by atoms with E-state index in [1.54, 1.807) is 0 Å². The predicted octanol–water partition coefficient (Wildman–Crippen LogP) is 10.7. The highest BCUT2D eigenvalue weighted by molar-refractivity contribution is 8.02. The molecule has 2 aliphatic rings. The molecule has 0 saturated heterocycles. The van der Waals surface area contributed by atoms with E-state index in [0.717, 1.165) is 33.4 Å². The van der Waals surface area contributed by atoms with E-state index in [0.29, 0.717) is 87.0 Å². The van der Waals surface area contributed by atoms with Crippen LogP contribution in [0.25, 0.3) is 10.8 Å². The molecule has 6 rings (SSSR count). The summed E-state index contributed by atoms with van der Waals surface area (Å²) in [7, 11) is 0. The molecule has 50 heavy (non-hydrogen) atoms. The molecule has 4 amide bonds. The van der Waals surface area contributed by atoms with Gasteiger partial charge in [-0.15, -0.1) is 47.0 Å². The first-order valence-electron chi connectivity index (χ1n) is 17.0. The lowest BCUT2D eigenvalue weighted by Gasteiger charge is -2.38. The average molecular weight is 743 g/mol. The molecule has 0 bridgehead atoms. The van der Waals surface area contributed by atoms with Gasteiger partial charge in [-0.05, 0) is 86.8 Å². The van der Waals surface area contributed by atoms with Crippen LogP contribution < -0.4 is 9.80 Å². The second-order valence-corrected chi connectivity index (χ2v) is 17.8. The average Bonchev–Trinajstić information content (AvgIpc) is 3.03. The number of rotatable bonds is 10. The number of carbonyl (C=O) groups excluding carboxylic acids is 4. The van der Waals surface area contributed by atoms with Gasteiger partial charge < -0.3 is 0 Å². The summed E-state index contributed by atoms with van der Waals surface area (Å²) in [5.41, 5.74) is 8.24. The molecule has 2 heterocycles. The quantitative estimate of drug-likeness (QED) is 0.117. The van der Waals surface area contributed by atoms with Gasteiger partial charge in [0, 0.05) is 30.4 Å². The topological polar surface area (TPSA) is 74.8 Å². The SMILES string of the molecule is CCSc1c(SCC)c2c3c(c(SCC)c(SCC)c4c3c1C(=O)N(c1c(C)cc(C)cc1C)C4=O)C(=O)N(c1c(C)cc(C)cc1C)C2=O. The van der Waals surface area contributed by atoms with Crippen molar-refractivity contribution in [3.05, 3.63) is 79.9 Å². The number of benzene rings is 4. The summed E-state index contributed by atoms with van der Waals surface area (Å²) >= 11 is 6.07. The van der Waals surface area contributed by atoms with E-state index in [-0.39, 0.29) is 0 Å². The van der Waals surface area contributed by atoms with Crippen LogP contribution in [-0.4, -0.2) is 46.6 Å². The normalized spacial score (nSPS) is 14.1. The Kier molecular flexibility index (Phi) is 10.3. The van der Waals surface area contributed by atoms with Crippen LogP contribution in [0, 0.1) is 41.5 Å². The molecule has 4 aromatic rings. The molecule has 0 aliphatic carbocycles. The van der Waals surface area contributed by atoms with Crippen molar-refractivity contribution in [2.45, 2.75) is 88.8 Å². The molecule has 0 fully saturated rings. The highest BCUT2D eigenvalue weighted by atomic mass is 32.2. The lowest BCUT2D eigenvalue weighted by Crippen LogP contribution is -2.45. The Morgan fingerprint density at radius 2 is 0.640 bits per heavy atom. The first-order chi connectivity index (χ1) is 23.8. The van der Waals surface area contributed by atoms with E-state index in [9.17, 15) is 0 Å². The van der Waals surface area contributed by atoms with Crippen LogP contribution in [0.15, 0.2) is 43.8 Å². The Labute approximate surface area is 311 Å². The Hall–Kier alpha value is -3.18. The number of hydrogen-bond donors (Lipinski definition) is 0. The van der Waals surface area contributed by atoms with Crippen molar-refractivity contribution in [2.75, 3.05) is 32.8 Å². The highest BCUT2D eigenvalue weighted by Crippen LogP contribution is 2.54. The number of amides is 4. The molecular weight excluding hydrogens is 701 g/mol. The molecule has 0 unspecified atom stereocenters. The van der Waals surface area contributed by atoms with Crippen molar-refractivity contribution < 1.29 is 19.2 Å². The molecule has 0 N–H and O–H groups in total. The summed E-state index contributed by atoms with van der Waals surface area (Å²) in [5.74, 6) is 0.922. The maximum Gasteiger partial charge on any atom is 0.267 e. The maximum absolute atomic E-state index is 15.1. The fourth-order valence-electron chi connectivity index (χ4n) is 7.69. The fourth-order valence-corrected chi connectivity index (χ4v) is 11.8. The summed E-state index contributed by atoms with van der Waals surface area (Å²) in [5, 5.41) is 0.880. The molecule has 0 saturated carbocycles. The smallest absolute Gasteiger partial charge is 0.267 e. The highest BCUT2D eigenvalue weighted by Gasteiger charge is 2.48. The molecule has 0 atom stereocenters. The fraction of sp³-hybridized carbons (Fsp3) is 0.350. The van der Waals surface area contributed by atoms with Crippen molar-refractivity contribution in [1.29, 1.82) is 0 Å². The first-order valence-corrected chi connectivity index (χ1v) is 21.0. The van der Waals surface area contributed by atoms with Crippen molar-refractivity contribution >= 4 is 92.8 Å². The minimum Gasteiger partial charge on any atom is -0.268 e. The minimum atomic E-state index is -0.417. The monoisotopic (exact) mass is 742 g/mol. The third-order valence-corrected chi connectivity index (χ3v) is 13.3. The van der Waals surface area contributed by atoms with Gasteiger partial charge in [-0.3, -0.25) is 19.2 Å². The van der Waals surface area contributed by atoms with Crippen LogP contribution in [0.4, 0.5) is 11.4 Å². The third kappa shape index (κ3) is 5.52. The third-order valence-electron chi connectivity index (χ3n) is 9.11. The van der Waals surface area contributed by atoms with Gasteiger partial charge in [0.05, 0.1) is 33.6 Å². The number of hydrogen-bond acceptors (Lipinski definition) is 8. The summed E-state index contributed by atoms with van der Waals surface area (Å²) in [6.07, 6.45) is 0. The van der Waals surface area contributed by atoms with Gasteiger partial charge in [0.1, 0.15) is 0 Å². The predicted molar refractivity (Wildman–Crippen MR) is 213 cm³/mol. The molecular formula is C40H42N2O4S4. The van der Waals surface area contributed by atoms with Gasteiger partial charge in [0.25, 0.3) is 23.6 Å². The molecule has 0 radical (unpaired) electrons. The Balaban J connectivity index is 1.86. The Morgan fingerprint density at radius 3 is 0.840 bits per heavy atom. The number of aryl methyl sites for hydroxylation is 6. The van der Waals surface area contributed by atoms with Gasteiger partial charge >= 0.3 is 0 Å². The summed E-state index contributed by atoms with van der Waals surface area (Å²) in [4.78, 5) is 66.0. The van der Waals surface area contributed by atoms with Gasteiger partial charge in [-0.2, -0.15) is 0 Å². The molecule has 2 aliphatic heterocycles. The van der Waals surface area contributed by atoms with Crippen molar-refractivity contribution in [1.82, 2.24) is 0 Å². The number of nitrogens with zero attached hydrogens (tertiary/aromatic N) is 2. The van der Waals surface area contributed by atoms with E-state index in [2.05, 4.69) is 0 Å². The molecule has 260 valence electrons. The largest absolute Gasteiger partial charge is 0.268 e. The van der Waals surface area contributed by atoms with Crippen LogP contribution in [0.2, 0.25) is 0 Å². The van der Waals surface area contributed by atoms with E-state index in [1.807, 2.05) is 93.5 Å². The second-order valence-electron chi connectivity index (χ2n) is 12.7. The molecule has 4 aromatic carbocycles. The van der Waals surface area contributed by atoms with Crippen LogP contribution in [0.1, 0.15) is 103 Å². The van der Waals surface area contributed by atoms with E-state index >= 15 is 19.2 Å². The van der Waals surface area contributed by atoms with Gasteiger partial charge in [0.15, 0.2) is 0 Å². The Bertz CT molecular complexity index is 1880. The van der Waals surface area contributed by atoms with Crippen molar-refractivity contribution in [3.63, 3.8) is 0 Å². The number of anilines is 2. The first kappa shape index (κ1) is 36.6. The molecule has 0 aromatic heterocycles. The molecule has 6 nitrogen and oxygen atoms in total. The van der Waals surface area contributed by atoms with Crippen molar-refractivity contribution in [3.8, 4) is 0 Å².